The maximum Gasteiger partial charge on any atom is 0.124 e. The molecule has 2 N–H and O–H groups in total. The Bertz CT molecular complexity index is 329. The summed E-state index contributed by atoms with van der Waals surface area (Å²) in [6, 6.07) is 4.44. The molecule has 0 saturated carbocycles. The fourth-order valence-electron chi connectivity index (χ4n) is 1.27. The lowest BCUT2D eigenvalue weighted by Crippen LogP contribution is -2.15. The van der Waals surface area contributed by atoms with Gasteiger partial charge >= 0.3 is 0 Å². The zero-order valence-corrected chi connectivity index (χ0v) is 12.2. The third-order valence-electron chi connectivity index (χ3n) is 1.86. The van der Waals surface area contributed by atoms with Gasteiger partial charge in [-0.25, -0.2) is 8.78 Å². The van der Waals surface area contributed by atoms with Crippen LogP contribution < -0.4 is 0 Å². The van der Waals surface area contributed by atoms with Crippen LogP contribution in [0.2, 0.25) is 0 Å². The molecule has 0 atom stereocenters. The molecule has 0 spiro atoms. The fraction of sp³-hybridized carbons (Fsp3) is 0.538. The Kier molecular flexibility index (Phi) is 8.31. The summed E-state index contributed by atoms with van der Waals surface area (Å²) in [4.78, 5) is 0. The van der Waals surface area contributed by atoms with E-state index < -0.39 is 5.67 Å². The summed E-state index contributed by atoms with van der Waals surface area (Å²) in [6.45, 7) is 3.14. The first-order chi connectivity index (χ1) is 8.28. The van der Waals surface area contributed by atoms with Gasteiger partial charge in [0.2, 0.25) is 0 Å². The quantitative estimate of drug-likeness (QED) is 0.892. The highest BCUT2D eigenvalue weighted by Crippen LogP contribution is 2.21. The Morgan fingerprint density at radius 3 is 2.06 bits per heavy atom. The molecule has 1 aromatic carbocycles. The van der Waals surface area contributed by atoms with E-state index in [1.807, 2.05) is 0 Å². The monoisotopic (exact) mass is 324 g/mol. The molecule has 5 heteroatoms. The van der Waals surface area contributed by atoms with Gasteiger partial charge in [0.25, 0.3) is 0 Å². The van der Waals surface area contributed by atoms with Crippen molar-refractivity contribution in [1.82, 2.24) is 0 Å². The van der Waals surface area contributed by atoms with Crippen LogP contribution in [0.15, 0.2) is 22.7 Å². The average molecular weight is 325 g/mol. The van der Waals surface area contributed by atoms with Crippen molar-refractivity contribution in [3.63, 3.8) is 0 Å². The zero-order chi connectivity index (χ0) is 14.2. The SMILES string of the molecule is CC(C)(F)Cc1cc(F)cc(Br)c1.OCCCO. The Labute approximate surface area is 115 Å². The van der Waals surface area contributed by atoms with E-state index in [2.05, 4.69) is 15.9 Å². The topological polar surface area (TPSA) is 40.5 Å². The molecule has 0 aliphatic carbocycles. The van der Waals surface area contributed by atoms with Gasteiger partial charge < -0.3 is 10.2 Å². The van der Waals surface area contributed by atoms with Crippen molar-refractivity contribution < 1.29 is 19.0 Å². The van der Waals surface area contributed by atoms with Gasteiger partial charge in [0.1, 0.15) is 11.5 Å². The van der Waals surface area contributed by atoms with E-state index in [-0.39, 0.29) is 25.5 Å². The molecular formula is C13H19BrF2O2. The molecule has 1 rings (SSSR count). The predicted octanol–water partition coefficient (Wildman–Crippen LogP) is 3.24. The second-order valence-electron chi connectivity index (χ2n) is 4.47. The molecule has 0 fully saturated rings. The number of alkyl halides is 1. The Morgan fingerprint density at radius 2 is 1.72 bits per heavy atom. The molecule has 0 aliphatic rings. The van der Waals surface area contributed by atoms with Crippen LogP contribution in [0, 0.1) is 5.82 Å². The largest absolute Gasteiger partial charge is 0.396 e. The van der Waals surface area contributed by atoms with Gasteiger partial charge in [0, 0.05) is 24.1 Å². The molecule has 0 bridgehead atoms. The minimum atomic E-state index is -1.30. The van der Waals surface area contributed by atoms with Crippen molar-refractivity contribution in [2.75, 3.05) is 13.2 Å². The highest BCUT2D eigenvalue weighted by Gasteiger charge is 2.16. The summed E-state index contributed by atoms with van der Waals surface area (Å²) in [7, 11) is 0. The first-order valence-electron chi connectivity index (χ1n) is 5.64. The normalized spacial score (nSPS) is 10.8. The van der Waals surface area contributed by atoms with Crippen LogP contribution in [0.3, 0.4) is 0 Å². The molecule has 18 heavy (non-hydrogen) atoms. The van der Waals surface area contributed by atoms with E-state index >= 15 is 0 Å². The van der Waals surface area contributed by atoms with Crippen LogP contribution in [0.25, 0.3) is 0 Å². The van der Waals surface area contributed by atoms with Crippen LogP contribution in [0.4, 0.5) is 8.78 Å². The van der Waals surface area contributed by atoms with Gasteiger partial charge in [0.15, 0.2) is 0 Å². The predicted molar refractivity (Wildman–Crippen MR) is 71.8 cm³/mol. The second kappa shape index (κ2) is 8.56. The number of halogens is 3. The number of rotatable bonds is 4. The van der Waals surface area contributed by atoms with Crippen LogP contribution in [0.5, 0.6) is 0 Å². The second-order valence-corrected chi connectivity index (χ2v) is 5.39. The number of hydrogen-bond acceptors (Lipinski definition) is 2. The minimum absolute atomic E-state index is 0.0938. The van der Waals surface area contributed by atoms with Crippen LogP contribution in [0.1, 0.15) is 25.8 Å². The van der Waals surface area contributed by atoms with Gasteiger partial charge in [-0.1, -0.05) is 15.9 Å². The van der Waals surface area contributed by atoms with E-state index in [1.54, 1.807) is 6.07 Å². The summed E-state index contributed by atoms with van der Waals surface area (Å²) < 4.78 is 26.7. The van der Waals surface area contributed by atoms with Crippen molar-refractivity contribution in [2.45, 2.75) is 32.4 Å². The molecule has 1 aromatic rings. The number of benzene rings is 1. The van der Waals surface area contributed by atoms with E-state index in [1.165, 1.54) is 26.0 Å². The maximum atomic E-state index is 13.2. The Hall–Kier alpha value is -0.520. The third kappa shape index (κ3) is 9.50. The molecule has 0 heterocycles. The van der Waals surface area contributed by atoms with Crippen molar-refractivity contribution in [3.8, 4) is 0 Å². The molecule has 0 aromatic heterocycles. The Morgan fingerprint density at radius 1 is 1.17 bits per heavy atom. The third-order valence-corrected chi connectivity index (χ3v) is 2.32. The molecule has 0 radical (unpaired) electrons. The summed E-state index contributed by atoms with van der Waals surface area (Å²) >= 11 is 3.16. The zero-order valence-electron chi connectivity index (χ0n) is 10.6. The van der Waals surface area contributed by atoms with Gasteiger partial charge in [-0.05, 0) is 44.0 Å². The standard InChI is InChI=1S/C10H11BrF2.C3H8O2/c1-10(2,13)6-7-3-8(11)5-9(12)4-7;4-2-1-3-5/h3-5H,6H2,1-2H3;4-5H,1-3H2. The highest BCUT2D eigenvalue weighted by atomic mass is 79.9. The molecule has 104 valence electrons. The summed E-state index contributed by atoms with van der Waals surface area (Å²) in [5.41, 5.74) is -0.632. The first kappa shape index (κ1) is 17.5. The van der Waals surface area contributed by atoms with Gasteiger partial charge in [-0.2, -0.15) is 0 Å². The highest BCUT2D eigenvalue weighted by molar-refractivity contribution is 9.10. The van der Waals surface area contributed by atoms with E-state index in [0.29, 0.717) is 16.5 Å². The maximum absolute atomic E-state index is 13.2. The van der Waals surface area contributed by atoms with E-state index in [4.69, 9.17) is 10.2 Å². The molecule has 0 amide bonds. The van der Waals surface area contributed by atoms with Crippen molar-refractivity contribution >= 4 is 15.9 Å². The molecular weight excluding hydrogens is 306 g/mol. The molecule has 2 nitrogen and oxygen atoms in total. The van der Waals surface area contributed by atoms with Crippen LogP contribution >= 0.6 is 15.9 Å². The number of hydrogen-bond donors (Lipinski definition) is 2. The summed E-state index contributed by atoms with van der Waals surface area (Å²) in [5, 5.41) is 15.8. The molecule has 0 saturated heterocycles. The van der Waals surface area contributed by atoms with E-state index in [0.717, 1.165) is 0 Å². The van der Waals surface area contributed by atoms with Gasteiger partial charge in [-0.15, -0.1) is 0 Å². The van der Waals surface area contributed by atoms with Gasteiger partial charge in [0.05, 0.1) is 0 Å². The lowest BCUT2D eigenvalue weighted by molar-refractivity contribution is 0.217. The first-order valence-corrected chi connectivity index (χ1v) is 6.43. The average Bonchev–Trinajstić information content (AvgIpc) is 2.14. The molecule has 0 unspecified atom stereocenters. The van der Waals surface area contributed by atoms with Crippen LogP contribution in [-0.4, -0.2) is 29.1 Å². The van der Waals surface area contributed by atoms with Crippen molar-refractivity contribution in [3.05, 3.63) is 34.1 Å². The Balaban J connectivity index is 0.000000494. The van der Waals surface area contributed by atoms with Crippen molar-refractivity contribution in [2.24, 2.45) is 0 Å². The van der Waals surface area contributed by atoms with Gasteiger partial charge in [-0.3, -0.25) is 0 Å². The lowest BCUT2D eigenvalue weighted by atomic mass is 10.0. The van der Waals surface area contributed by atoms with E-state index in [9.17, 15) is 8.78 Å². The van der Waals surface area contributed by atoms with Crippen LogP contribution in [-0.2, 0) is 6.42 Å². The lowest BCUT2D eigenvalue weighted by Gasteiger charge is -2.13. The summed E-state index contributed by atoms with van der Waals surface area (Å²) in [6.07, 6.45) is 0.726. The number of aliphatic hydroxyl groups excluding tert-OH is 2. The van der Waals surface area contributed by atoms with Crippen molar-refractivity contribution in [1.29, 1.82) is 0 Å². The summed E-state index contributed by atoms with van der Waals surface area (Å²) in [5.74, 6) is -0.339. The smallest absolute Gasteiger partial charge is 0.124 e. The number of aliphatic hydroxyl groups is 2. The molecule has 0 aliphatic heterocycles. The fourth-order valence-corrected chi connectivity index (χ4v) is 1.78. The minimum Gasteiger partial charge on any atom is -0.396 e.